The number of nitrogens with zero attached hydrogens (tertiary/aromatic N) is 1. The van der Waals surface area contributed by atoms with Gasteiger partial charge in [0.25, 0.3) is 0 Å². The minimum atomic E-state index is -0.0453. The standard InChI is InChI=1S/C23H30N2O4/c1-16(2)23(18-6-8-19(27-4)9-7-18)24-22(26)15-25(3)14-17-5-10-20-21(13-17)29-12-11-28-20/h5-10,13,16,23H,11-12,14-15H2,1-4H3,(H,24,26). The Bertz CT molecular complexity index is 820. The summed E-state index contributed by atoms with van der Waals surface area (Å²) in [6.07, 6.45) is 0. The van der Waals surface area contributed by atoms with Crippen LogP contribution in [-0.2, 0) is 11.3 Å². The summed E-state index contributed by atoms with van der Waals surface area (Å²) in [4.78, 5) is 14.7. The Labute approximate surface area is 172 Å². The quantitative estimate of drug-likeness (QED) is 0.738. The molecule has 0 radical (unpaired) electrons. The van der Waals surface area contributed by atoms with Crippen LogP contribution in [0.15, 0.2) is 42.5 Å². The van der Waals surface area contributed by atoms with Crippen molar-refractivity contribution >= 4 is 5.91 Å². The number of benzene rings is 2. The lowest BCUT2D eigenvalue weighted by atomic mass is 9.96. The van der Waals surface area contributed by atoms with Gasteiger partial charge in [-0.2, -0.15) is 0 Å². The summed E-state index contributed by atoms with van der Waals surface area (Å²) >= 11 is 0. The molecule has 0 aliphatic carbocycles. The molecule has 1 amide bonds. The Balaban J connectivity index is 1.57. The topological polar surface area (TPSA) is 60.0 Å². The van der Waals surface area contributed by atoms with Gasteiger partial charge in [-0.15, -0.1) is 0 Å². The molecule has 1 aliphatic heterocycles. The summed E-state index contributed by atoms with van der Waals surface area (Å²) in [5.41, 5.74) is 2.16. The van der Waals surface area contributed by atoms with Gasteiger partial charge < -0.3 is 19.5 Å². The molecule has 1 heterocycles. The molecule has 0 spiro atoms. The van der Waals surface area contributed by atoms with E-state index >= 15 is 0 Å². The fourth-order valence-corrected chi connectivity index (χ4v) is 3.46. The molecule has 0 saturated carbocycles. The summed E-state index contributed by atoms with van der Waals surface area (Å²) in [5.74, 6) is 2.63. The van der Waals surface area contributed by atoms with E-state index in [4.69, 9.17) is 14.2 Å². The number of likely N-dealkylation sites (N-methyl/N-ethyl adjacent to an activating group) is 1. The Morgan fingerprint density at radius 3 is 2.45 bits per heavy atom. The predicted molar refractivity (Wildman–Crippen MR) is 112 cm³/mol. The third-order valence-electron chi connectivity index (χ3n) is 4.93. The average Bonchev–Trinajstić information content (AvgIpc) is 2.71. The van der Waals surface area contributed by atoms with Gasteiger partial charge in [0.05, 0.1) is 19.7 Å². The molecule has 6 heteroatoms. The molecule has 1 aliphatic rings. The van der Waals surface area contributed by atoms with Crippen LogP contribution in [-0.4, -0.2) is 44.7 Å². The van der Waals surface area contributed by atoms with Crippen LogP contribution >= 0.6 is 0 Å². The van der Waals surface area contributed by atoms with Gasteiger partial charge in [0.1, 0.15) is 19.0 Å². The van der Waals surface area contributed by atoms with Crippen molar-refractivity contribution in [3.05, 3.63) is 53.6 Å². The molecule has 1 atom stereocenters. The monoisotopic (exact) mass is 398 g/mol. The highest BCUT2D eigenvalue weighted by atomic mass is 16.6. The van der Waals surface area contributed by atoms with E-state index in [-0.39, 0.29) is 17.9 Å². The lowest BCUT2D eigenvalue weighted by molar-refractivity contribution is -0.123. The smallest absolute Gasteiger partial charge is 0.234 e. The van der Waals surface area contributed by atoms with Crippen molar-refractivity contribution in [1.82, 2.24) is 10.2 Å². The molecule has 0 bridgehead atoms. The Hall–Kier alpha value is -2.73. The second-order valence-corrected chi connectivity index (χ2v) is 7.71. The van der Waals surface area contributed by atoms with Crippen LogP contribution in [0.5, 0.6) is 17.2 Å². The number of nitrogens with one attached hydrogen (secondary N) is 1. The molecule has 2 aromatic rings. The summed E-state index contributed by atoms with van der Waals surface area (Å²) < 4.78 is 16.4. The van der Waals surface area contributed by atoms with E-state index in [2.05, 4.69) is 19.2 Å². The van der Waals surface area contributed by atoms with Crippen molar-refractivity contribution in [2.75, 3.05) is 33.9 Å². The maximum Gasteiger partial charge on any atom is 0.234 e. The van der Waals surface area contributed by atoms with Gasteiger partial charge in [-0.1, -0.05) is 32.0 Å². The van der Waals surface area contributed by atoms with E-state index in [0.29, 0.717) is 26.3 Å². The van der Waals surface area contributed by atoms with E-state index in [1.807, 2.05) is 54.4 Å². The van der Waals surface area contributed by atoms with Crippen molar-refractivity contribution in [3.63, 3.8) is 0 Å². The van der Waals surface area contributed by atoms with Crippen LogP contribution in [0.25, 0.3) is 0 Å². The zero-order valence-corrected chi connectivity index (χ0v) is 17.6. The molecule has 1 N–H and O–H groups in total. The maximum atomic E-state index is 12.7. The highest BCUT2D eigenvalue weighted by Gasteiger charge is 2.19. The van der Waals surface area contributed by atoms with Crippen molar-refractivity contribution < 1.29 is 19.0 Å². The van der Waals surface area contributed by atoms with E-state index in [0.717, 1.165) is 28.4 Å². The normalized spacial score (nSPS) is 14.0. The number of fused-ring (bicyclic) bond motifs is 1. The van der Waals surface area contributed by atoms with E-state index in [1.165, 1.54) is 0 Å². The van der Waals surface area contributed by atoms with Crippen molar-refractivity contribution in [1.29, 1.82) is 0 Å². The number of carbonyl (C=O) groups excluding carboxylic acids is 1. The van der Waals surface area contributed by atoms with Gasteiger partial charge in [-0.05, 0) is 48.4 Å². The second-order valence-electron chi connectivity index (χ2n) is 7.71. The molecular weight excluding hydrogens is 368 g/mol. The Morgan fingerprint density at radius 1 is 1.10 bits per heavy atom. The first-order chi connectivity index (χ1) is 14.0. The van der Waals surface area contributed by atoms with Gasteiger partial charge >= 0.3 is 0 Å². The maximum absolute atomic E-state index is 12.7. The lowest BCUT2D eigenvalue weighted by Crippen LogP contribution is -2.38. The first-order valence-corrected chi connectivity index (χ1v) is 9.96. The first kappa shape index (κ1) is 21.0. The van der Waals surface area contributed by atoms with Gasteiger partial charge in [0, 0.05) is 6.54 Å². The summed E-state index contributed by atoms with van der Waals surface area (Å²) in [7, 11) is 3.59. The highest BCUT2D eigenvalue weighted by molar-refractivity contribution is 5.78. The zero-order valence-electron chi connectivity index (χ0n) is 17.6. The van der Waals surface area contributed by atoms with Crippen LogP contribution in [0.2, 0.25) is 0 Å². The molecular formula is C23H30N2O4. The van der Waals surface area contributed by atoms with Gasteiger partial charge in [-0.25, -0.2) is 0 Å². The SMILES string of the molecule is COc1ccc(C(NC(=O)CN(C)Cc2ccc3c(c2)OCCO3)C(C)C)cc1. The van der Waals surface area contributed by atoms with Crippen molar-refractivity contribution in [2.24, 2.45) is 5.92 Å². The highest BCUT2D eigenvalue weighted by Crippen LogP contribution is 2.31. The molecule has 0 aromatic heterocycles. The van der Waals surface area contributed by atoms with Crippen LogP contribution in [0.4, 0.5) is 0 Å². The molecule has 0 fully saturated rings. The number of hydrogen-bond acceptors (Lipinski definition) is 5. The van der Waals surface area contributed by atoms with Crippen molar-refractivity contribution in [3.8, 4) is 17.2 Å². The summed E-state index contributed by atoms with van der Waals surface area (Å²) in [6, 6.07) is 13.7. The predicted octanol–water partition coefficient (Wildman–Crippen LogP) is 3.41. The molecule has 156 valence electrons. The van der Waals surface area contributed by atoms with Crippen LogP contribution in [0, 0.1) is 5.92 Å². The average molecular weight is 399 g/mol. The number of carbonyl (C=O) groups is 1. The van der Waals surface area contributed by atoms with E-state index in [9.17, 15) is 4.79 Å². The summed E-state index contributed by atoms with van der Waals surface area (Å²) in [6.45, 7) is 6.32. The number of amides is 1. The lowest BCUT2D eigenvalue weighted by Gasteiger charge is -2.25. The zero-order chi connectivity index (χ0) is 20.8. The fourth-order valence-electron chi connectivity index (χ4n) is 3.46. The van der Waals surface area contributed by atoms with Gasteiger partial charge in [0.15, 0.2) is 11.5 Å². The first-order valence-electron chi connectivity index (χ1n) is 9.96. The van der Waals surface area contributed by atoms with E-state index in [1.54, 1.807) is 7.11 Å². The largest absolute Gasteiger partial charge is 0.497 e. The Morgan fingerprint density at radius 2 is 1.79 bits per heavy atom. The second kappa shape index (κ2) is 9.65. The number of hydrogen-bond donors (Lipinski definition) is 1. The molecule has 3 rings (SSSR count). The van der Waals surface area contributed by atoms with Gasteiger partial charge in [0.2, 0.25) is 5.91 Å². The van der Waals surface area contributed by atoms with Crippen molar-refractivity contribution in [2.45, 2.75) is 26.4 Å². The van der Waals surface area contributed by atoms with Crippen LogP contribution in [0.3, 0.4) is 0 Å². The minimum Gasteiger partial charge on any atom is -0.497 e. The van der Waals surface area contributed by atoms with Crippen LogP contribution < -0.4 is 19.5 Å². The molecule has 0 saturated heterocycles. The third-order valence-corrected chi connectivity index (χ3v) is 4.93. The summed E-state index contributed by atoms with van der Waals surface area (Å²) in [5, 5.41) is 3.17. The molecule has 29 heavy (non-hydrogen) atoms. The van der Waals surface area contributed by atoms with Gasteiger partial charge in [-0.3, -0.25) is 9.69 Å². The van der Waals surface area contributed by atoms with Crippen LogP contribution in [0.1, 0.15) is 31.0 Å². The fraction of sp³-hybridized carbons (Fsp3) is 0.435. The molecule has 1 unspecified atom stereocenters. The number of rotatable bonds is 8. The number of ether oxygens (including phenoxy) is 3. The molecule has 6 nitrogen and oxygen atoms in total. The van der Waals surface area contributed by atoms with E-state index < -0.39 is 0 Å². The third kappa shape index (κ3) is 5.64. The molecule has 2 aromatic carbocycles. The minimum absolute atomic E-state index is 0.000406. The number of methoxy groups -OCH3 is 1. The Kier molecular flexibility index (Phi) is 6.99.